The third kappa shape index (κ3) is 3.16. The van der Waals surface area contributed by atoms with Crippen molar-refractivity contribution in [2.45, 2.75) is 13.5 Å². The molecular formula is C14H9ClFN3O. The maximum Gasteiger partial charge on any atom is 0.145 e. The molecule has 0 bridgehead atoms. The lowest BCUT2D eigenvalue weighted by atomic mass is 10.1. The highest BCUT2D eigenvalue weighted by Gasteiger charge is 2.04. The number of pyridine rings is 2. The van der Waals surface area contributed by atoms with Gasteiger partial charge >= 0.3 is 0 Å². The first-order chi connectivity index (χ1) is 9.61. The molecule has 0 saturated carbocycles. The fourth-order valence-electron chi connectivity index (χ4n) is 1.54. The summed E-state index contributed by atoms with van der Waals surface area (Å²) in [6, 6.07) is 1.53. The molecule has 0 unspecified atom stereocenters. The lowest BCUT2D eigenvalue weighted by Gasteiger charge is -2.00. The molecule has 0 aliphatic rings. The van der Waals surface area contributed by atoms with Crippen LogP contribution in [-0.2, 0) is 6.54 Å². The van der Waals surface area contributed by atoms with Gasteiger partial charge in [0.1, 0.15) is 17.5 Å². The smallest absolute Gasteiger partial charge is 0.145 e. The molecule has 100 valence electrons. The van der Waals surface area contributed by atoms with E-state index in [4.69, 9.17) is 11.6 Å². The molecule has 4 nitrogen and oxygen atoms in total. The van der Waals surface area contributed by atoms with E-state index in [0.29, 0.717) is 22.3 Å². The lowest BCUT2D eigenvalue weighted by molar-refractivity contribution is 0.611. The van der Waals surface area contributed by atoms with Crippen LogP contribution in [-0.4, -0.2) is 9.97 Å². The number of nitroso groups, excluding NO2 is 1. The van der Waals surface area contributed by atoms with Crippen LogP contribution in [0.2, 0.25) is 5.15 Å². The largest absolute Gasteiger partial charge is 0.260 e. The van der Waals surface area contributed by atoms with Gasteiger partial charge in [0.15, 0.2) is 0 Å². The van der Waals surface area contributed by atoms with E-state index in [9.17, 15) is 9.30 Å². The van der Waals surface area contributed by atoms with Crippen LogP contribution in [0.5, 0.6) is 0 Å². The minimum absolute atomic E-state index is 0.0490. The van der Waals surface area contributed by atoms with E-state index in [0.717, 1.165) is 6.20 Å². The second-order valence-electron chi connectivity index (χ2n) is 4.00. The number of halogens is 2. The lowest BCUT2D eigenvalue weighted by Crippen LogP contribution is -1.92. The highest BCUT2D eigenvalue weighted by molar-refractivity contribution is 6.29. The predicted octanol–water partition coefficient (Wildman–Crippen LogP) is 3.24. The van der Waals surface area contributed by atoms with Crippen LogP contribution < -0.4 is 0 Å². The van der Waals surface area contributed by atoms with Crippen molar-refractivity contribution < 1.29 is 4.39 Å². The topological polar surface area (TPSA) is 55.2 Å². The zero-order valence-corrected chi connectivity index (χ0v) is 11.3. The van der Waals surface area contributed by atoms with Crippen molar-refractivity contribution in [3.8, 4) is 11.8 Å². The third-order valence-electron chi connectivity index (χ3n) is 2.68. The van der Waals surface area contributed by atoms with Gasteiger partial charge in [-0.2, -0.15) is 4.91 Å². The second kappa shape index (κ2) is 6.22. The van der Waals surface area contributed by atoms with Crippen LogP contribution >= 0.6 is 11.6 Å². The summed E-state index contributed by atoms with van der Waals surface area (Å²) in [7, 11) is 0. The Hall–Kier alpha value is -2.32. The summed E-state index contributed by atoms with van der Waals surface area (Å²) < 4.78 is 13.3. The first kappa shape index (κ1) is 14.1. The van der Waals surface area contributed by atoms with E-state index in [1.54, 1.807) is 6.92 Å². The summed E-state index contributed by atoms with van der Waals surface area (Å²) in [5, 5.41) is 3.08. The van der Waals surface area contributed by atoms with Crippen LogP contribution in [0.15, 0.2) is 29.8 Å². The fourth-order valence-corrected chi connectivity index (χ4v) is 1.72. The molecule has 6 heteroatoms. The average Bonchev–Trinajstić information content (AvgIpc) is 2.42. The monoisotopic (exact) mass is 289 g/mol. The molecule has 0 amide bonds. The fraction of sp³-hybridized carbons (Fsp3) is 0.143. The number of rotatable bonds is 2. The number of nitrogens with zero attached hydrogens (tertiary/aromatic N) is 3. The van der Waals surface area contributed by atoms with Crippen LogP contribution in [0, 0.1) is 29.5 Å². The van der Waals surface area contributed by atoms with Gasteiger partial charge in [0.05, 0.1) is 6.20 Å². The highest BCUT2D eigenvalue weighted by atomic mass is 35.5. The zero-order valence-electron chi connectivity index (χ0n) is 10.5. The summed E-state index contributed by atoms with van der Waals surface area (Å²) in [5.74, 6) is 5.23. The van der Waals surface area contributed by atoms with Gasteiger partial charge < -0.3 is 0 Å². The SMILES string of the molecule is Cc1c(F)cncc1C#Cc1cnc(Cl)cc1CN=O. The summed E-state index contributed by atoms with van der Waals surface area (Å²) >= 11 is 5.75. The number of hydrogen-bond donors (Lipinski definition) is 0. The van der Waals surface area contributed by atoms with Gasteiger partial charge in [-0.1, -0.05) is 28.6 Å². The molecule has 0 aliphatic heterocycles. The van der Waals surface area contributed by atoms with E-state index >= 15 is 0 Å². The maximum absolute atomic E-state index is 13.3. The van der Waals surface area contributed by atoms with E-state index < -0.39 is 5.82 Å². The molecule has 2 aromatic heterocycles. The molecule has 0 fully saturated rings. The Morgan fingerprint density at radius 2 is 2.05 bits per heavy atom. The minimum Gasteiger partial charge on any atom is -0.260 e. The van der Waals surface area contributed by atoms with Crippen LogP contribution in [0.25, 0.3) is 0 Å². The number of aromatic nitrogens is 2. The van der Waals surface area contributed by atoms with Crippen molar-refractivity contribution in [2.24, 2.45) is 5.18 Å². The Morgan fingerprint density at radius 1 is 1.30 bits per heavy atom. The average molecular weight is 290 g/mol. The summed E-state index contributed by atoms with van der Waals surface area (Å²) in [6.45, 7) is 1.57. The van der Waals surface area contributed by atoms with Crippen molar-refractivity contribution in [2.75, 3.05) is 0 Å². The molecule has 2 aromatic rings. The maximum atomic E-state index is 13.3. The van der Waals surface area contributed by atoms with Crippen molar-refractivity contribution in [3.05, 3.63) is 62.8 Å². The molecule has 0 radical (unpaired) electrons. The van der Waals surface area contributed by atoms with Crippen LogP contribution in [0.1, 0.15) is 22.3 Å². The molecule has 0 saturated heterocycles. The summed E-state index contributed by atoms with van der Waals surface area (Å²) in [6.07, 6.45) is 4.07. The Bertz CT molecular complexity index is 722. The van der Waals surface area contributed by atoms with Gasteiger partial charge in [-0.15, -0.1) is 0 Å². The Labute approximate surface area is 120 Å². The normalized spacial score (nSPS) is 9.75. The van der Waals surface area contributed by atoms with Crippen molar-refractivity contribution in [1.29, 1.82) is 0 Å². The van der Waals surface area contributed by atoms with Crippen LogP contribution in [0.4, 0.5) is 4.39 Å². The van der Waals surface area contributed by atoms with Crippen LogP contribution in [0.3, 0.4) is 0 Å². The van der Waals surface area contributed by atoms with Gasteiger partial charge in [0, 0.05) is 29.1 Å². The summed E-state index contributed by atoms with van der Waals surface area (Å²) in [5.41, 5.74) is 2.00. The molecule has 2 heterocycles. The van der Waals surface area contributed by atoms with Gasteiger partial charge in [-0.25, -0.2) is 9.37 Å². The molecule has 0 spiro atoms. The first-order valence-corrected chi connectivity index (χ1v) is 6.05. The zero-order chi connectivity index (χ0) is 14.5. The van der Waals surface area contributed by atoms with E-state index in [2.05, 4.69) is 27.0 Å². The molecule has 0 N–H and O–H groups in total. The molecule has 2 rings (SSSR count). The Morgan fingerprint density at radius 3 is 2.80 bits per heavy atom. The quantitative estimate of drug-likeness (QED) is 0.484. The second-order valence-corrected chi connectivity index (χ2v) is 4.38. The minimum atomic E-state index is -0.416. The molecule has 0 aromatic carbocycles. The van der Waals surface area contributed by atoms with Gasteiger partial charge in [-0.3, -0.25) is 4.98 Å². The van der Waals surface area contributed by atoms with Gasteiger partial charge in [-0.05, 0) is 18.6 Å². The van der Waals surface area contributed by atoms with E-state index in [-0.39, 0.29) is 11.7 Å². The third-order valence-corrected chi connectivity index (χ3v) is 2.88. The highest BCUT2D eigenvalue weighted by Crippen LogP contribution is 2.14. The molecule has 0 atom stereocenters. The predicted molar refractivity (Wildman–Crippen MR) is 73.7 cm³/mol. The van der Waals surface area contributed by atoms with Gasteiger partial charge in [0.2, 0.25) is 0 Å². The Balaban J connectivity index is 2.42. The Kier molecular flexibility index (Phi) is 4.38. The van der Waals surface area contributed by atoms with E-state index in [1.807, 2.05) is 0 Å². The van der Waals surface area contributed by atoms with E-state index in [1.165, 1.54) is 18.5 Å². The van der Waals surface area contributed by atoms with Crippen molar-refractivity contribution in [3.63, 3.8) is 0 Å². The molecular weight excluding hydrogens is 281 g/mol. The summed E-state index contributed by atoms with van der Waals surface area (Å²) in [4.78, 5) is 18.0. The number of hydrogen-bond acceptors (Lipinski definition) is 4. The molecule has 20 heavy (non-hydrogen) atoms. The van der Waals surface area contributed by atoms with Crippen molar-refractivity contribution >= 4 is 11.6 Å². The standard InChI is InChI=1S/C14H9ClFN3O/c1-9-10(5-17-8-13(9)16)2-3-11-6-18-14(15)4-12(11)7-19-20/h4-6,8H,7H2,1H3. The van der Waals surface area contributed by atoms with Gasteiger partial charge in [0.25, 0.3) is 0 Å². The van der Waals surface area contributed by atoms with Crippen molar-refractivity contribution in [1.82, 2.24) is 9.97 Å². The molecule has 0 aliphatic carbocycles. The first-order valence-electron chi connectivity index (χ1n) is 5.67.